The van der Waals surface area contributed by atoms with Crippen molar-refractivity contribution in [2.45, 2.75) is 24.3 Å². The van der Waals surface area contributed by atoms with Gasteiger partial charge in [0.05, 0.1) is 4.90 Å². The lowest BCUT2D eigenvalue weighted by Gasteiger charge is -2.19. The molecule has 1 amide bonds. The van der Waals surface area contributed by atoms with Crippen LogP contribution in [0.25, 0.3) is 0 Å². The zero-order valence-electron chi connectivity index (χ0n) is 11.0. The average molecular weight is 279 g/mol. The highest BCUT2D eigenvalue weighted by molar-refractivity contribution is 7.90. The van der Waals surface area contributed by atoms with E-state index < -0.39 is 9.84 Å². The molecular weight excluding hydrogens is 262 g/mol. The maximum atomic E-state index is 12.4. The second kappa shape index (κ2) is 4.07. The van der Waals surface area contributed by atoms with Gasteiger partial charge in [-0.15, -0.1) is 0 Å². The molecule has 5 heteroatoms. The molecule has 2 fully saturated rings. The molecule has 1 saturated heterocycles. The van der Waals surface area contributed by atoms with Crippen molar-refractivity contribution in [1.29, 1.82) is 0 Å². The minimum absolute atomic E-state index is 0.0395. The Balaban J connectivity index is 1.88. The van der Waals surface area contributed by atoms with Crippen LogP contribution < -0.4 is 0 Å². The van der Waals surface area contributed by atoms with Crippen LogP contribution in [0.5, 0.6) is 0 Å². The molecule has 1 aromatic rings. The number of hydrogen-bond acceptors (Lipinski definition) is 3. The third-order valence-corrected chi connectivity index (χ3v) is 5.46. The lowest BCUT2D eigenvalue weighted by atomic mass is 10.2. The maximum Gasteiger partial charge on any atom is 0.254 e. The highest BCUT2D eigenvalue weighted by atomic mass is 32.2. The largest absolute Gasteiger partial charge is 0.335 e. The molecule has 2 aliphatic rings. The second-order valence-corrected chi connectivity index (χ2v) is 7.62. The summed E-state index contributed by atoms with van der Waals surface area (Å²) in [7, 11) is -3.27. The number of likely N-dealkylation sites (tertiary alicyclic amines) is 1. The van der Waals surface area contributed by atoms with Crippen molar-refractivity contribution >= 4 is 15.7 Å². The number of carbonyl (C=O) groups excluding carboxylic acids is 1. The Hall–Kier alpha value is -1.36. The molecule has 3 atom stereocenters. The van der Waals surface area contributed by atoms with Crippen LogP contribution in [0, 0.1) is 11.8 Å². The highest BCUT2D eigenvalue weighted by Crippen LogP contribution is 2.50. The standard InChI is InChI=1S/C14H17NO3S/c1-9-12-6-7-15(13(9)12)14(16)10-4-3-5-11(8-10)19(2,17)18/h3-5,8-9,12-13H,6-7H2,1-2H3. The van der Waals surface area contributed by atoms with Gasteiger partial charge < -0.3 is 4.90 Å². The molecule has 0 N–H and O–H groups in total. The molecule has 1 aliphatic heterocycles. The highest BCUT2D eigenvalue weighted by Gasteiger charge is 2.55. The average Bonchev–Trinajstić information content (AvgIpc) is 2.83. The fourth-order valence-corrected chi connectivity index (χ4v) is 3.84. The molecule has 0 bridgehead atoms. The first-order chi connectivity index (χ1) is 8.89. The third-order valence-electron chi connectivity index (χ3n) is 4.35. The SMILES string of the molecule is CC1C2CCN(C(=O)c3cccc(S(C)(=O)=O)c3)C12. The number of benzene rings is 1. The number of nitrogens with zero attached hydrogens (tertiary/aromatic N) is 1. The van der Waals surface area contributed by atoms with E-state index in [2.05, 4.69) is 6.92 Å². The van der Waals surface area contributed by atoms with E-state index in [1.165, 1.54) is 12.1 Å². The van der Waals surface area contributed by atoms with Crippen LogP contribution in [0.2, 0.25) is 0 Å². The van der Waals surface area contributed by atoms with Crippen molar-refractivity contribution < 1.29 is 13.2 Å². The fourth-order valence-electron chi connectivity index (χ4n) is 3.17. The van der Waals surface area contributed by atoms with Gasteiger partial charge in [0.1, 0.15) is 0 Å². The van der Waals surface area contributed by atoms with Gasteiger partial charge >= 0.3 is 0 Å². The van der Waals surface area contributed by atoms with Gasteiger partial charge in [-0.1, -0.05) is 13.0 Å². The third kappa shape index (κ3) is 2.06. The Morgan fingerprint density at radius 3 is 2.68 bits per heavy atom. The summed E-state index contributed by atoms with van der Waals surface area (Å²) in [5.74, 6) is 1.21. The van der Waals surface area contributed by atoms with Gasteiger partial charge in [-0.3, -0.25) is 4.79 Å². The van der Waals surface area contributed by atoms with Crippen molar-refractivity contribution in [2.75, 3.05) is 12.8 Å². The van der Waals surface area contributed by atoms with Crippen LogP contribution in [-0.2, 0) is 9.84 Å². The molecule has 3 unspecified atom stereocenters. The first kappa shape index (κ1) is 12.7. The Bertz CT molecular complexity index is 638. The van der Waals surface area contributed by atoms with Crippen molar-refractivity contribution in [2.24, 2.45) is 11.8 Å². The number of hydrogen-bond donors (Lipinski definition) is 0. The summed E-state index contributed by atoms with van der Waals surface area (Å²) in [6.45, 7) is 2.96. The second-order valence-electron chi connectivity index (χ2n) is 5.60. The van der Waals surface area contributed by atoms with E-state index in [1.54, 1.807) is 12.1 Å². The van der Waals surface area contributed by atoms with Gasteiger partial charge in [-0.25, -0.2) is 8.42 Å². The lowest BCUT2D eigenvalue weighted by Crippen LogP contribution is -2.32. The van der Waals surface area contributed by atoms with Crippen molar-refractivity contribution in [3.8, 4) is 0 Å². The number of fused-ring (bicyclic) bond motifs is 1. The number of rotatable bonds is 2. The van der Waals surface area contributed by atoms with Gasteiger partial charge in [-0.05, 0) is 36.5 Å². The van der Waals surface area contributed by atoms with E-state index in [9.17, 15) is 13.2 Å². The van der Waals surface area contributed by atoms with E-state index in [-0.39, 0.29) is 10.8 Å². The quantitative estimate of drug-likeness (QED) is 0.825. The van der Waals surface area contributed by atoms with Gasteiger partial charge in [-0.2, -0.15) is 0 Å². The lowest BCUT2D eigenvalue weighted by molar-refractivity contribution is 0.0759. The van der Waals surface area contributed by atoms with E-state index >= 15 is 0 Å². The van der Waals surface area contributed by atoms with Crippen molar-refractivity contribution in [3.63, 3.8) is 0 Å². The van der Waals surface area contributed by atoms with Crippen LogP contribution in [0.3, 0.4) is 0 Å². The number of amides is 1. The molecule has 0 aromatic heterocycles. The molecule has 1 heterocycles. The summed E-state index contributed by atoms with van der Waals surface area (Å²) in [6.07, 6.45) is 2.23. The van der Waals surface area contributed by atoms with E-state index in [4.69, 9.17) is 0 Å². The Labute approximate surface area is 113 Å². The van der Waals surface area contributed by atoms with Gasteiger partial charge in [0.2, 0.25) is 0 Å². The molecule has 0 radical (unpaired) electrons. The number of carbonyl (C=O) groups is 1. The predicted octanol–water partition coefficient (Wildman–Crippen LogP) is 1.57. The van der Waals surface area contributed by atoms with Crippen LogP contribution in [0.15, 0.2) is 29.2 Å². The van der Waals surface area contributed by atoms with E-state index in [0.717, 1.165) is 19.2 Å². The summed E-state index contributed by atoms with van der Waals surface area (Å²) < 4.78 is 23.1. The van der Waals surface area contributed by atoms with Crippen LogP contribution >= 0.6 is 0 Å². The maximum absolute atomic E-state index is 12.4. The molecule has 3 rings (SSSR count). The zero-order valence-corrected chi connectivity index (χ0v) is 11.9. The summed E-state index contributed by atoms with van der Waals surface area (Å²) in [5.41, 5.74) is 0.475. The monoisotopic (exact) mass is 279 g/mol. The summed E-state index contributed by atoms with van der Waals surface area (Å²) in [5, 5.41) is 0. The molecule has 0 spiro atoms. The zero-order chi connectivity index (χ0) is 13.8. The predicted molar refractivity (Wildman–Crippen MR) is 71.6 cm³/mol. The first-order valence-electron chi connectivity index (χ1n) is 6.50. The first-order valence-corrected chi connectivity index (χ1v) is 8.40. The normalized spacial score (nSPS) is 29.2. The number of sulfone groups is 1. The van der Waals surface area contributed by atoms with Crippen LogP contribution in [0.4, 0.5) is 0 Å². The molecule has 102 valence electrons. The molecular formula is C14H17NO3S. The fraction of sp³-hybridized carbons (Fsp3) is 0.500. The van der Waals surface area contributed by atoms with E-state index in [0.29, 0.717) is 23.4 Å². The van der Waals surface area contributed by atoms with E-state index in [1.807, 2.05) is 4.90 Å². The van der Waals surface area contributed by atoms with Gasteiger partial charge in [0.25, 0.3) is 5.91 Å². The minimum atomic E-state index is -3.27. The summed E-state index contributed by atoms with van der Waals surface area (Å²) in [6, 6.07) is 6.70. The molecule has 1 saturated carbocycles. The Morgan fingerprint density at radius 1 is 1.37 bits per heavy atom. The topological polar surface area (TPSA) is 54.5 Å². The minimum Gasteiger partial charge on any atom is -0.335 e. The van der Waals surface area contributed by atoms with Gasteiger partial charge in [0, 0.05) is 24.4 Å². The molecule has 19 heavy (non-hydrogen) atoms. The molecule has 1 aliphatic carbocycles. The Morgan fingerprint density at radius 2 is 2.11 bits per heavy atom. The number of piperidine rings is 1. The van der Waals surface area contributed by atoms with Crippen LogP contribution in [-0.4, -0.2) is 38.1 Å². The summed E-state index contributed by atoms with van der Waals surface area (Å²) in [4.78, 5) is 14.5. The van der Waals surface area contributed by atoms with Crippen molar-refractivity contribution in [3.05, 3.63) is 29.8 Å². The smallest absolute Gasteiger partial charge is 0.254 e. The molecule has 4 nitrogen and oxygen atoms in total. The summed E-state index contributed by atoms with van der Waals surface area (Å²) >= 11 is 0. The van der Waals surface area contributed by atoms with Crippen molar-refractivity contribution in [1.82, 2.24) is 4.90 Å². The Kier molecular flexibility index (Phi) is 2.71. The molecule has 1 aromatic carbocycles. The van der Waals surface area contributed by atoms with Gasteiger partial charge in [0.15, 0.2) is 9.84 Å². The van der Waals surface area contributed by atoms with Crippen LogP contribution in [0.1, 0.15) is 23.7 Å².